The summed E-state index contributed by atoms with van der Waals surface area (Å²) in [6.07, 6.45) is 5.45. The quantitative estimate of drug-likeness (QED) is 0.629. The summed E-state index contributed by atoms with van der Waals surface area (Å²) < 4.78 is 26.1. The van der Waals surface area contributed by atoms with Crippen molar-refractivity contribution in [2.45, 2.75) is 41.7 Å². The molecule has 4 heteroatoms. The van der Waals surface area contributed by atoms with Crippen LogP contribution in [-0.4, -0.2) is 21.7 Å². The van der Waals surface area contributed by atoms with Gasteiger partial charge in [-0.15, -0.1) is 0 Å². The van der Waals surface area contributed by atoms with Crippen LogP contribution in [-0.2, 0) is 9.84 Å². The molecule has 1 fully saturated rings. The zero-order valence-electron chi connectivity index (χ0n) is 12.3. The molecule has 0 spiro atoms. The predicted octanol–water partition coefficient (Wildman–Crippen LogP) is 3.74. The van der Waals surface area contributed by atoms with Crippen LogP contribution in [0.25, 0.3) is 0 Å². The van der Waals surface area contributed by atoms with Crippen LogP contribution in [0.4, 0.5) is 0 Å². The van der Waals surface area contributed by atoms with Crippen molar-refractivity contribution in [3.05, 3.63) is 42.5 Å². The molecule has 2 aliphatic carbocycles. The van der Waals surface area contributed by atoms with Crippen LogP contribution < -0.4 is 0 Å². The summed E-state index contributed by atoms with van der Waals surface area (Å²) in [5, 5.41) is -0.202. The smallest absolute Gasteiger partial charge is 0.181 e. The highest BCUT2D eigenvalue weighted by atomic mass is 32.2. The molecule has 2 bridgehead atoms. The third kappa shape index (κ3) is 2.09. The van der Waals surface area contributed by atoms with Crippen LogP contribution in [0.5, 0.6) is 0 Å². The SMILES string of the molecule is C[Si](C)(C)[C@H]1[C@H](S(=O)(=O)c2ccccc2)[C@H]2C=C[C@H]1C2. The Hall–Kier alpha value is -0.873. The summed E-state index contributed by atoms with van der Waals surface area (Å²) in [4.78, 5) is 0.495. The Morgan fingerprint density at radius 3 is 2.20 bits per heavy atom. The lowest BCUT2D eigenvalue weighted by atomic mass is 10.1. The molecule has 1 aromatic rings. The van der Waals surface area contributed by atoms with Gasteiger partial charge in [-0.25, -0.2) is 8.42 Å². The van der Waals surface area contributed by atoms with Gasteiger partial charge in [0, 0.05) is 8.07 Å². The van der Waals surface area contributed by atoms with Gasteiger partial charge in [-0.1, -0.05) is 50.0 Å². The van der Waals surface area contributed by atoms with Gasteiger partial charge in [0.05, 0.1) is 10.1 Å². The van der Waals surface area contributed by atoms with E-state index in [2.05, 4.69) is 31.8 Å². The van der Waals surface area contributed by atoms with Crippen LogP contribution in [0.2, 0.25) is 25.2 Å². The molecule has 0 aromatic heterocycles. The molecule has 108 valence electrons. The standard InChI is InChI=1S/C16H22O2SSi/c1-20(2,3)16-13-10-9-12(11-13)15(16)19(17,18)14-7-5-4-6-8-14/h4-10,12-13,15-16H,11H2,1-3H3/t12-,13-,15+,16+/m0/s1. The first-order valence-electron chi connectivity index (χ1n) is 7.29. The Kier molecular flexibility index (Phi) is 3.21. The summed E-state index contributed by atoms with van der Waals surface area (Å²) in [6.45, 7) is 6.92. The van der Waals surface area contributed by atoms with Crippen LogP contribution >= 0.6 is 0 Å². The molecule has 1 aromatic carbocycles. The molecule has 0 unspecified atom stereocenters. The highest BCUT2D eigenvalue weighted by Gasteiger charge is 2.55. The van der Waals surface area contributed by atoms with Gasteiger partial charge in [0.2, 0.25) is 0 Å². The maximum absolute atomic E-state index is 13.1. The Morgan fingerprint density at radius 1 is 1.00 bits per heavy atom. The molecule has 3 rings (SSSR count). The first kappa shape index (κ1) is 14.1. The fourth-order valence-corrected chi connectivity index (χ4v) is 10.7. The summed E-state index contributed by atoms with van der Waals surface area (Å²) in [7, 11) is -4.73. The molecule has 0 radical (unpaired) electrons. The Bertz CT molecular complexity index is 628. The van der Waals surface area contributed by atoms with Crippen molar-refractivity contribution in [2.24, 2.45) is 11.8 Å². The van der Waals surface area contributed by atoms with E-state index in [4.69, 9.17) is 0 Å². The van der Waals surface area contributed by atoms with Crippen LogP contribution in [0.15, 0.2) is 47.4 Å². The minimum atomic E-state index is -3.22. The third-order valence-corrected chi connectivity index (χ3v) is 10.1. The van der Waals surface area contributed by atoms with Crippen LogP contribution in [0.3, 0.4) is 0 Å². The highest BCUT2D eigenvalue weighted by Crippen LogP contribution is 2.55. The molecule has 20 heavy (non-hydrogen) atoms. The van der Waals surface area contributed by atoms with Crippen molar-refractivity contribution in [1.29, 1.82) is 0 Å². The van der Waals surface area contributed by atoms with E-state index in [1.165, 1.54) is 0 Å². The Balaban J connectivity index is 2.07. The number of benzene rings is 1. The van der Waals surface area contributed by atoms with Crippen molar-refractivity contribution in [3.8, 4) is 0 Å². The van der Waals surface area contributed by atoms with Gasteiger partial charge in [0.15, 0.2) is 9.84 Å². The molecular formula is C16H22O2SSi. The summed E-state index contributed by atoms with van der Waals surface area (Å²) in [5.41, 5.74) is 0.350. The number of allylic oxidation sites excluding steroid dienone is 2. The van der Waals surface area contributed by atoms with Gasteiger partial charge in [-0.2, -0.15) is 0 Å². The van der Waals surface area contributed by atoms with Gasteiger partial charge >= 0.3 is 0 Å². The molecule has 2 aliphatic rings. The minimum Gasteiger partial charge on any atom is -0.223 e. The normalized spacial score (nSPS) is 32.8. The van der Waals surface area contributed by atoms with Crippen molar-refractivity contribution >= 4 is 17.9 Å². The van der Waals surface area contributed by atoms with E-state index in [0.717, 1.165) is 6.42 Å². The number of hydrogen-bond acceptors (Lipinski definition) is 2. The fourth-order valence-electron chi connectivity index (χ4n) is 4.10. The van der Waals surface area contributed by atoms with Gasteiger partial charge in [0.1, 0.15) is 0 Å². The zero-order chi connectivity index (χ0) is 14.5. The molecule has 0 N–H and O–H groups in total. The average Bonchev–Trinajstić information content (AvgIpc) is 2.99. The monoisotopic (exact) mass is 306 g/mol. The van der Waals surface area contributed by atoms with Gasteiger partial charge < -0.3 is 0 Å². The van der Waals surface area contributed by atoms with Gasteiger partial charge in [0.25, 0.3) is 0 Å². The molecule has 0 saturated heterocycles. The number of hydrogen-bond donors (Lipinski definition) is 0. The van der Waals surface area contributed by atoms with E-state index in [-0.39, 0.29) is 11.2 Å². The molecule has 0 heterocycles. The maximum atomic E-state index is 13.1. The summed E-state index contributed by atoms with van der Waals surface area (Å²) in [6, 6.07) is 8.99. The van der Waals surface area contributed by atoms with Crippen molar-refractivity contribution in [1.82, 2.24) is 0 Å². The predicted molar refractivity (Wildman–Crippen MR) is 85.2 cm³/mol. The Labute approximate surface area is 122 Å². The van der Waals surface area contributed by atoms with E-state index in [0.29, 0.717) is 16.4 Å². The Morgan fingerprint density at radius 2 is 1.60 bits per heavy atom. The molecule has 4 atom stereocenters. The largest absolute Gasteiger partial charge is 0.223 e. The molecular weight excluding hydrogens is 284 g/mol. The minimum absolute atomic E-state index is 0.202. The number of fused-ring (bicyclic) bond motifs is 2. The molecule has 0 aliphatic heterocycles. The molecule has 0 amide bonds. The van der Waals surface area contributed by atoms with E-state index in [1.54, 1.807) is 12.1 Å². The topological polar surface area (TPSA) is 34.1 Å². The van der Waals surface area contributed by atoms with Crippen molar-refractivity contribution < 1.29 is 8.42 Å². The van der Waals surface area contributed by atoms with E-state index in [9.17, 15) is 8.42 Å². The second kappa shape index (κ2) is 4.57. The summed E-state index contributed by atoms with van der Waals surface area (Å²) >= 11 is 0. The third-order valence-electron chi connectivity index (χ3n) is 4.82. The van der Waals surface area contributed by atoms with E-state index >= 15 is 0 Å². The average molecular weight is 307 g/mol. The van der Waals surface area contributed by atoms with Crippen molar-refractivity contribution in [3.63, 3.8) is 0 Å². The van der Waals surface area contributed by atoms with Crippen LogP contribution in [0, 0.1) is 11.8 Å². The van der Waals surface area contributed by atoms with Crippen molar-refractivity contribution in [2.75, 3.05) is 0 Å². The lowest BCUT2D eigenvalue weighted by Gasteiger charge is -2.36. The highest BCUT2D eigenvalue weighted by molar-refractivity contribution is 7.92. The van der Waals surface area contributed by atoms with E-state index < -0.39 is 17.9 Å². The first-order chi connectivity index (χ1) is 9.32. The van der Waals surface area contributed by atoms with Gasteiger partial charge in [-0.3, -0.25) is 0 Å². The zero-order valence-corrected chi connectivity index (χ0v) is 14.1. The number of sulfone groups is 1. The second-order valence-corrected chi connectivity index (χ2v) is 14.7. The lowest BCUT2D eigenvalue weighted by molar-refractivity contribution is 0.558. The maximum Gasteiger partial charge on any atom is 0.181 e. The first-order valence-corrected chi connectivity index (χ1v) is 12.4. The summed E-state index contributed by atoms with van der Waals surface area (Å²) in [5.74, 6) is 0.706. The lowest BCUT2D eigenvalue weighted by Crippen LogP contribution is -2.42. The van der Waals surface area contributed by atoms with Crippen LogP contribution in [0.1, 0.15) is 6.42 Å². The fraction of sp³-hybridized carbons (Fsp3) is 0.500. The van der Waals surface area contributed by atoms with Gasteiger partial charge in [-0.05, 0) is 35.9 Å². The molecule has 1 saturated carbocycles. The number of rotatable bonds is 3. The molecule has 2 nitrogen and oxygen atoms in total. The second-order valence-electron chi connectivity index (χ2n) is 7.16. The van der Waals surface area contributed by atoms with E-state index in [1.807, 2.05) is 18.2 Å².